The third-order valence-corrected chi connectivity index (χ3v) is 3.98. The molecule has 0 fully saturated rings. The molecule has 3 N–H and O–H groups in total. The first-order valence-electron chi connectivity index (χ1n) is 6.88. The first-order chi connectivity index (χ1) is 11.5. The Kier molecular flexibility index (Phi) is 4.38. The molecule has 0 saturated carbocycles. The van der Waals surface area contributed by atoms with Crippen LogP contribution >= 0.6 is 23.2 Å². The van der Waals surface area contributed by atoms with Gasteiger partial charge in [0.15, 0.2) is 5.75 Å². The number of amides is 1. The topological polar surface area (TPSA) is 88.0 Å². The van der Waals surface area contributed by atoms with E-state index in [9.17, 15) is 9.90 Å². The zero-order valence-corrected chi connectivity index (χ0v) is 13.7. The number of fused-ring (bicyclic) bond motifs is 1. The largest absolute Gasteiger partial charge is 0.505 e. The van der Waals surface area contributed by atoms with Gasteiger partial charge in [-0.1, -0.05) is 47.5 Å². The van der Waals surface area contributed by atoms with Gasteiger partial charge in [0.05, 0.1) is 10.6 Å². The highest BCUT2D eigenvalue weighted by molar-refractivity contribution is 6.35. The van der Waals surface area contributed by atoms with Crippen LogP contribution in [0.1, 0.15) is 10.4 Å². The molecule has 0 unspecified atom stereocenters. The number of nitrogens with zero attached hydrogens (tertiary/aromatic N) is 2. The number of azo groups is 1. The number of primary amides is 1. The molecule has 0 aliphatic carbocycles. The van der Waals surface area contributed by atoms with Gasteiger partial charge in [-0.25, -0.2) is 0 Å². The van der Waals surface area contributed by atoms with Gasteiger partial charge in [-0.2, -0.15) is 0 Å². The molecule has 1 amide bonds. The van der Waals surface area contributed by atoms with Crippen LogP contribution in [0.4, 0.5) is 11.4 Å². The number of carbonyl (C=O) groups is 1. The van der Waals surface area contributed by atoms with E-state index in [-0.39, 0.29) is 17.0 Å². The smallest absolute Gasteiger partial charge is 0.252 e. The molecule has 0 aromatic heterocycles. The van der Waals surface area contributed by atoms with Crippen LogP contribution in [-0.2, 0) is 0 Å². The third-order valence-electron chi connectivity index (χ3n) is 3.43. The Balaban J connectivity index is 2.21. The van der Waals surface area contributed by atoms with E-state index in [1.165, 1.54) is 6.07 Å². The quantitative estimate of drug-likeness (QED) is 0.615. The number of carbonyl (C=O) groups excluding carboxylic acids is 1. The highest BCUT2D eigenvalue weighted by Crippen LogP contribution is 2.40. The maximum absolute atomic E-state index is 11.5. The van der Waals surface area contributed by atoms with Gasteiger partial charge in [-0.05, 0) is 29.7 Å². The van der Waals surface area contributed by atoms with Crippen LogP contribution in [0, 0.1) is 0 Å². The summed E-state index contributed by atoms with van der Waals surface area (Å²) in [6, 6.07) is 13.4. The molecule has 0 aliphatic rings. The van der Waals surface area contributed by atoms with Crippen LogP contribution in [-0.4, -0.2) is 11.0 Å². The molecule has 120 valence electrons. The van der Waals surface area contributed by atoms with Crippen LogP contribution in [0.3, 0.4) is 0 Å². The van der Waals surface area contributed by atoms with Gasteiger partial charge in [0.2, 0.25) is 0 Å². The number of phenols is 1. The minimum Gasteiger partial charge on any atom is -0.505 e. The summed E-state index contributed by atoms with van der Waals surface area (Å²) in [5, 5.41) is 20.6. The van der Waals surface area contributed by atoms with E-state index in [1.54, 1.807) is 42.5 Å². The molecule has 0 heterocycles. The lowest BCUT2D eigenvalue weighted by atomic mass is 10.0. The minimum atomic E-state index is -0.754. The summed E-state index contributed by atoms with van der Waals surface area (Å²) in [7, 11) is 0. The second-order valence-electron chi connectivity index (χ2n) is 5.00. The lowest BCUT2D eigenvalue weighted by molar-refractivity contribution is 0.0998. The molecule has 0 saturated heterocycles. The summed E-state index contributed by atoms with van der Waals surface area (Å²) in [5.41, 5.74) is 5.77. The van der Waals surface area contributed by atoms with Crippen molar-refractivity contribution in [3.8, 4) is 5.75 Å². The second-order valence-corrected chi connectivity index (χ2v) is 5.85. The van der Waals surface area contributed by atoms with Gasteiger partial charge < -0.3 is 10.8 Å². The van der Waals surface area contributed by atoms with Gasteiger partial charge in [0.25, 0.3) is 5.91 Å². The predicted octanol–water partition coefficient (Wildman–Crippen LogP) is 5.37. The number of nitrogens with two attached hydrogens (primary N) is 1. The fraction of sp³-hybridized carbons (Fsp3) is 0. The second kappa shape index (κ2) is 6.47. The van der Waals surface area contributed by atoms with Crippen molar-refractivity contribution in [2.24, 2.45) is 16.0 Å². The Morgan fingerprint density at radius 1 is 1.04 bits per heavy atom. The fourth-order valence-corrected chi connectivity index (χ4v) is 2.59. The summed E-state index contributed by atoms with van der Waals surface area (Å²) >= 11 is 12.0. The minimum absolute atomic E-state index is 0.0279. The van der Waals surface area contributed by atoms with Crippen molar-refractivity contribution in [3.63, 3.8) is 0 Å². The Morgan fingerprint density at radius 2 is 1.79 bits per heavy atom. The van der Waals surface area contributed by atoms with Crippen LogP contribution in [0.25, 0.3) is 10.8 Å². The molecular formula is C17H11Cl2N3O2. The summed E-state index contributed by atoms with van der Waals surface area (Å²) in [5.74, 6) is -1.08. The van der Waals surface area contributed by atoms with Crippen molar-refractivity contribution in [3.05, 3.63) is 64.1 Å². The molecule has 0 radical (unpaired) electrons. The van der Waals surface area contributed by atoms with Crippen molar-refractivity contribution in [2.45, 2.75) is 0 Å². The Morgan fingerprint density at radius 3 is 2.54 bits per heavy atom. The number of benzene rings is 3. The normalized spacial score (nSPS) is 11.2. The highest BCUT2D eigenvalue weighted by Gasteiger charge is 2.16. The summed E-state index contributed by atoms with van der Waals surface area (Å²) < 4.78 is 0. The summed E-state index contributed by atoms with van der Waals surface area (Å²) in [4.78, 5) is 11.5. The van der Waals surface area contributed by atoms with Crippen molar-refractivity contribution in [1.82, 2.24) is 0 Å². The zero-order valence-electron chi connectivity index (χ0n) is 12.2. The molecule has 3 aromatic carbocycles. The number of rotatable bonds is 3. The van der Waals surface area contributed by atoms with E-state index in [2.05, 4.69) is 10.2 Å². The molecule has 24 heavy (non-hydrogen) atoms. The molecular weight excluding hydrogens is 349 g/mol. The predicted molar refractivity (Wildman–Crippen MR) is 94.8 cm³/mol. The van der Waals surface area contributed by atoms with E-state index in [0.717, 1.165) is 0 Å². The molecule has 5 nitrogen and oxygen atoms in total. The lowest BCUT2D eigenvalue weighted by Crippen LogP contribution is -2.11. The van der Waals surface area contributed by atoms with E-state index >= 15 is 0 Å². The van der Waals surface area contributed by atoms with E-state index in [4.69, 9.17) is 28.9 Å². The van der Waals surface area contributed by atoms with E-state index in [0.29, 0.717) is 26.5 Å². The van der Waals surface area contributed by atoms with Crippen LogP contribution < -0.4 is 5.73 Å². The number of halogens is 2. The summed E-state index contributed by atoms with van der Waals surface area (Å²) in [6.07, 6.45) is 0. The van der Waals surface area contributed by atoms with Gasteiger partial charge in [-0.15, -0.1) is 10.2 Å². The van der Waals surface area contributed by atoms with Gasteiger partial charge in [-0.3, -0.25) is 4.79 Å². The Bertz CT molecular complexity index is 987. The third kappa shape index (κ3) is 3.04. The average Bonchev–Trinajstić information content (AvgIpc) is 2.56. The van der Waals surface area contributed by atoms with Crippen LogP contribution in [0.2, 0.25) is 10.0 Å². The Labute approximate surface area is 147 Å². The average molecular weight is 360 g/mol. The highest BCUT2D eigenvalue weighted by atomic mass is 35.5. The Hall–Kier alpha value is -2.63. The zero-order chi connectivity index (χ0) is 17.3. The van der Waals surface area contributed by atoms with Gasteiger partial charge in [0, 0.05) is 10.4 Å². The number of hydrogen-bond acceptors (Lipinski definition) is 4. The maximum atomic E-state index is 11.5. The SMILES string of the molecule is NC(=O)c1cc2ccccc2c(N=Nc2cc(Cl)ccc2Cl)c1O. The molecule has 3 aromatic rings. The van der Waals surface area contributed by atoms with Crippen molar-refractivity contribution in [1.29, 1.82) is 0 Å². The number of hydrogen-bond donors (Lipinski definition) is 2. The molecule has 7 heteroatoms. The van der Waals surface area contributed by atoms with Crippen molar-refractivity contribution >= 4 is 51.3 Å². The van der Waals surface area contributed by atoms with E-state index < -0.39 is 5.91 Å². The lowest BCUT2D eigenvalue weighted by Gasteiger charge is -2.08. The summed E-state index contributed by atoms with van der Waals surface area (Å²) in [6.45, 7) is 0. The van der Waals surface area contributed by atoms with Crippen LogP contribution in [0.15, 0.2) is 58.8 Å². The van der Waals surface area contributed by atoms with Gasteiger partial charge >= 0.3 is 0 Å². The van der Waals surface area contributed by atoms with E-state index in [1.807, 2.05) is 0 Å². The molecule has 0 bridgehead atoms. The fourth-order valence-electron chi connectivity index (χ4n) is 2.27. The molecule has 0 atom stereocenters. The first kappa shape index (κ1) is 16.2. The first-order valence-corrected chi connectivity index (χ1v) is 7.64. The number of aromatic hydroxyl groups is 1. The van der Waals surface area contributed by atoms with Crippen molar-refractivity contribution in [2.75, 3.05) is 0 Å². The maximum Gasteiger partial charge on any atom is 0.252 e. The molecule has 3 rings (SSSR count). The van der Waals surface area contributed by atoms with Crippen molar-refractivity contribution < 1.29 is 9.90 Å². The van der Waals surface area contributed by atoms with Gasteiger partial charge in [0.1, 0.15) is 11.4 Å². The van der Waals surface area contributed by atoms with Crippen LogP contribution in [0.5, 0.6) is 5.75 Å². The standard InChI is InChI=1S/C17H11Cl2N3O2/c18-10-5-6-13(19)14(8-10)21-22-15-11-4-2-1-3-9(11)7-12(16(15)23)17(20)24/h1-8,23H,(H2,20,24). The molecule has 0 spiro atoms. The molecule has 0 aliphatic heterocycles. The monoisotopic (exact) mass is 359 g/mol.